The molecule has 103 heavy (non-hydrogen) atoms. The van der Waals surface area contributed by atoms with Gasteiger partial charge in [0, 0.05) is 74.9 Å². The molecule has 12 amide bonds. The summed E-state index contributed by atoms with van der Waals surface area (Å²) in [4.78, 5) is 192. The highest BCUT2D eigenvalue weighted by Crippen LogP contribution is 2.38. The molecule has 568 valence electrons. The van der Waals surface area contributed by atoms with Crippen LogP contribution in [0, 0.1) is 30.5 Å². The van der Waals surface area contributed by atoms with Crippen LogP contribution in [-0.4, -0.2) is 263 Å². The molecule has 2 aromatic carbocycles. The van der Waals surface area contributed by atoms with E-state index >= 15 is 33.2 Å². The molecule has 6 aliphatic rings. The summed E-state index contributed by atoms with van der Waals surface area (Å²) in [5, 5.41) is 8.66. The van der Waals surface area contributed by atoms with Gasteiger partial charge in [-0.3, -0.25) is 57.5 Å². The van der Waals surface area contributed by atoms with Gasteiger partial charge in [0.05, 0.1) is 31.7 Å². The minimum Gasteiger partial charge on any atom is -0.378 e. The number of alkyl halides is 3. The van der Waals surface area contributed by atoms with Crippen LogP contribution in [0.15, 0.2) is 42.5 Å². The molecule has 8 rings (SSSR count). The maximum Gasteiger partial charge on any atom is 0.419 e. The fourth-order valence-corrected chi connectivity index (χ4v) is 15.4. The molecule has 29 heteroatoms. The van der Waals surface area contributed by atoms with E-state index < -0.39 is 173 Å². The number of halogens is 4. The second-order valence-electron chi connectivity index (χ2n) is 29.8. The summed E-state index contributed by atoms with van der Waals surface area (Å²) in [7, 11) is 8.44. The van der Waals surface area contributed by atoms with Gasteiger partial charge in [-0.05, 0) is 119 Å². The molecule has 4 saturated heterocycles. The van der Waals surface area contributed by atoms with Crippen LogP contribution in [0.2, 0.25) is 0 Å². The summed E-state index contributed by atoms with van der Waals surface area (Å²) in [5.74, 6) is -10.9. The number of carbonyl (C=O) groups excluding carboxylic acids is 12. The maximum absolute atomic E-state index is 15.7. The molecular formula is C74H106F4N12O13. The van der Waals surface area contributed by atoms with Crippen LogP contribution in [0.25, 0.3) is 0 Å². The number of morpholine rings is 1. The number of nitrogens with one attached hydrogen (secondary N) is 3. The maximum atomic E-state index is 15.7. The van der Waals surface area contributed by atoms with Crippen LogP contribution in [-0.2, 0) is 81.3 Å². The third-order valence-electron chi connectivity index (χ3n) is 22.3. The molecule has 2 saturated carbocycles. The fourth-order valence-electron chi connectivity index (χ4n) is 15.4. The van der Waals surface area contributed by atoms with E-state index in [1.54, 1.807) is 19.1 Å². The highest BCUT2D eigenvalue weighted by atomic mass is 19.4. The highest BCUT2D eigenvalue weighted by Gasteiger charge is 2.52. The van der Waals surface area contributed by atoms with Crippen LogP contribution >= 0.6 is 0 Å². The van der Waals surface area contributed by atoms with Crippen molar-refractivity contribution in [3.05, 3.63) is 70.5 Å². The number of nitrogens with zero attached hydrogens (tertiary/aromatic N) is 9. The van der Waals surface area contributed by atoms with Crippen molar-refractivity contribution in [3.63, 3.8) is 0 Å². The second-order valence-corrected chi connectivity index (χ2v) is 29.8. The van der Waals surface area contributed by atoms with Gasteiger partial charge >= 0.3 is 6.18 Å². The first-order valence-corrected chi connectivity index (χ1v) is 36.5. The van der Waals surface area contributed by atoms with Crippen molar-refractivity contribution >= 4 is 70.9 Å². The number of rotatable bonds is 11. The Kier molecular flexibility index (Phi) is 27.0. The first kappa shape index (κ1) is 80.4. The Hall–Kier alpha value is -8.24. The molecular weight excluding hydrogens is 1340 g/mol. The largest absolute Gasteiger partial charge is 0.419 e. The molecule has 6 fully saturated rings. The van der Waals surface area contributed by atoms with Gasteiger partial charge in [0.1, 0.15) is 65.7 Å². The number of carbonyl (C=O) groups is 12. The lowest BCUT2D eigenvalue weighted by Crippen LogP contribution is -2.65. The summed E-state index contributed by atoms with van der Waals surface area (Å²) >= 11 is 0. The zero-order valence-corrected chi connectivity index (χ0v) is 61.8. The van der Waals surface area contributed by atoms with Gasteiger partial charge in [-0.1, -0.05) is 95.7 Å². The zero-order valence-electron chi connectivity index (χ0n) is 61.8. The van der Waals surface area contributed by atoms with Gasteiger partial charge in [0.15, 0.2) is 0 Å². The molecule has 10 atom stereocenters. The summed E-state index contributed by atoms with van der Waals surface area (Å²) in [6.07, 6.45) is -1.52. The molecule has 0 radical (unpaired) electrons. The molecule has 2 aromatic rings. The number of hydrogen-bond donors (Lipinski definition) is 3. The van der Waals surface area contributed by atoms with E-state index in [2.05, 4.69) is 16.0 Å². The lowest BCUT2D eigenvalue weighted by molar-refractivity contribution is -0.160. The van der Waals surface area contributed by atoms with Gasteiger partial charge < -0.3 is 64.8 Å². The van der Waals surface area contributed by atoms with Crippen LogP contribution in [0.5, 0.6) is 0 Å². The number of hydrogen-bond acceptors (Lipinski definition) is 13. The monoisotopic (exact) mass is 1450 g/mol. The van der Waals surface area contributed by atoms with Crippen LogP contribution in [0.3, 0.4) is 0 Å². The average Bonchev–Trinajstić information content (AvgIpc) is 1.41. The first-order valence-electron chi connectivity index (χ1n) is 36.5. The van der Waals surface area contributed by atoms with E-state index in [0.29, 0.717) is 62.6 Å². The SMILES string of the molecule is CC[C@H](C)[C@@H]1NC(=O)[C@H](CC(C)C)N(C)C(=O)C[C@@H](C(=O)N2CCOCC2)N(C)C(=O)[C@H](C2CCCC2)N(C)C(=O)C2(CCCC2)NC(=O)[C@@H]2CCCN2C(=O)[C@H](CCc2ccc(C(F)(F)F)c(F)c2)NC(=O)CN(C)C(=O)[C@H](Cc2ccc(C)cc2)N(C)C(=O)[C@@H]2CCN2C(=O)[C@H](C)N(C)C1=O. The molecule has 0 unspecified atom stereocenters. The Labute approximate surface area is 601 Å². The number of benzene rings is 2. The Morgan fingerprint density at radius 1 is 0.650 bits per heavy atom. The number of likely N-dealkylation sites (N-methyl/N-ethyl adjacent to an activating group) is 6. The highest BCUT2D eigenvalue weighted by molar-refractivity contribution is 6.01. The minimum atomic E-state index is -5.01. The Morgan fingerprint density at radius 3 is 1.87 bits per heavy atom. The molecule has 4 heterocycles. The smallest absolute Gasteiger partial charge is 0.378 e. The fraction of sp³-hybridized carbons (Fsp3) is 0.676. The molecule has 3 N–H and O–H groups in total. The topological polar surface area (TPSA) is 279 Å². The third kappa shape index (κ3) is 18.6. The Morgan fingerprint density at radius 2 is 1.28 bits per heavy atom. The Bertz CT molecular complexity index is 3450. The molecule has 0 bridgehead atoms. The number of aryl methyl sites for hydroxylation is 2. The van der Waals surface area contributed by atoms with E-state index in [4.69, 9.17) is 4.74 Å². The van der Waals surface area contributed by atoms with Crippen molar-refractivity contribution in [1.82, 2.24) is 60.0 Å². The quantitative estimate of drug-likeness (QED) is 0.262. The number of amides is 12. The van der Waals surface area contributed by atoms with Crippen molar-refractivity contribution in [2.45, 2.75) is 217 Å². The van der Waals surface area contributed by atoms with Crippen molar-refractivity contribution in [2.75, 3.05) is 88.2 Å². The first-order chi connectivity index (χ1) is 48.6. The van der Waals surface area contributed by atoms with Crippen molar-refractivity contribution in [2.24, 2.45) is 17.8 Å². The van der Waals surface area contributed by atoms with Gasteiger partial charge in [0.25, 0.3) is 0 Å². The van der Waals surface area contributed by atoms with Gasteiger partial charge in [-0.25, -0.2) is 4.39 Å². The second kappa shape index (κ2) is 34.6. The van der Waals surface area contributed by atoms with Crippen LogP contribution in [0.4, 0.5) is 17.6 Å². The molecule has 1 spiro atoms. The Balaban J connectivity index is 1.19. The summed E-state index contributed by atoms with van der Waals surface area (Å²) in [5.41, 5.74) is -1.55. The van der Waals surface area contributed by atoms with E-state index in [1.165, 1.54) is 88.4 Å². The van der Waals surface area contributed by atoms with Gasteiger partial charge in [-0.15, -0.1) is 0 Å². The summed E-state index contributed by atoms with van der Waals surface area (Å²) in [6, 6.07) is -2.04. The van der Waals surface area contributed by atoms with Crippen molar-refractivity contribution < 1.29 is 79.8 Å². The lowest BCUT2D eigenvalue weighted by Gasteiger charge is -2.45. The third-order valence-corrected chi connectivity index (χ3v) is 22.3. The van der Waals surface area contributed by atoms with Crippen molar-refractivity contribution in [3.8, 4) is 0 Å². The van der Waals surface area contributed by atoms with Gasteiger partial charge in [-0.2, -0.15) is 13.2 Å². The molecule has 2 aliphatic carbocycles. The van der Waals surface area contributed by atoms with Gasteiger partial charge in [0.2, 0.25) is 70.9 Å². The van der Waals surface area contributed by atoms with Crippen LogP contribution < -0.4 is 16.0 Å². The minimum absolute atomic E-state index is 0.0201. The average molecular weight is 1450 g/mol. The predicted molar refractivity (Wildman–Crippen MR) is 372 cm³/mol. The van der Waals surface area contributed by atoms with Crippen LogP contribution in [0.1, 0.15) is 153 Å². The number of fused-ring (bicyclic) bond motifs is 2. The lowest BCUT2D eigenvalue weighted by atomic mass is 9.90. The zero-order chi connectivity index (χ0) is 75.7. The van der Waals surface area contributed by atoms with E-state index in [1.807, 2.05) is 39.8 Å². The summed E-state index contributed by atoms with van der Waals surface area (Å²) in [6.45, 7) is 10.7. The van der Waals surface area contributed by atoms with E-state index in [-0.39, 0.29) is 109 Å². The molecule has 0 aromatic heterocycles. The number of ether oxygens (including phenoxy) is 1. The molecule has 25 nitrogen and oxygen atoms in total. The summed E-state index contributed by atoms with van der Waals surface area (Å²) < 4.78 is 62.0. The van der Waals surface area contributed by atoms with Crippen molar-refractivity contribution in [1.29, 1.82) is 0 Å². The van der Waals surface area contributed by atoms with E-state index in [9.17, 15) is 41.9 Å². The normalized spacial score (nSPS) is 27.1. The molecule has 4 aliphatic heterocycles. The predicted octanol–water partition coefficient (Wildman–Crippen LogP) is 4.48. The standard InChI is InChI=1S/C74H106F4N12O13/c1-13-46(5)61-70(100)83(8)47(6)65(95)90-34-30-55(90)68(98)85(10)57(41-49-24-22-45(4)23-25-49)67(97)82(7)43-59(91)79-53(29-27-48-26-28-51(52(75)40-48)74(76,77)78)66(96)89-33-18-21-54(89)64(94)81-73(31-16-17-32-73)72(102)87(12)62(50-19-14-15-20-50)71(101)86(11)58(69(99)88-35-37-103-38-36-88)42-60(92)84(9)56(39-44(2)3)63(93)80-61/h22-26,28,40,44,46-47,50,53-58,61-62H,13-21,27,29-39,41-43H2,1-12H3,(H,79,91)(H,80,93)(H,81,94)/t46-,47-,53-,54-,55-,56-,57-,58-,61-,62-/m0/s1. The van der Waals surface area contributed by atoms with E-state index in [0.717, 1.165) is 16.5 Å².